The zero-order valence-corrected chi connectivity index (χ0v) is 8.32. The van der Waals surface area contributed by atoms with Crippen LogP contribution in [0.1, 0.15) is 16.1 Å². The average Bonchev–Trinajstić information content (AvgIpc) is 2.27. The molecule has 0 saturated carbocycles. The zero-order chi connectivity index (χ0) is 13.1. The van der Waals surface area contributed by atoms with Crippen LogP contribution in [0.25, 0.3) is 0 Å². The Labute approximate surface area is 93.4 Å². The van der Waals surface area contributed by atoms with Gasteiger partial charge >= 0.3 is 18.1 Å². The molecular weight excluding hydrogens is 241 g/mol. The van der Waals surface area contributed by atoms with Crippen LogP contribution >= 0.6 is 0 Å². The van der Waals surface area contributed by atoms with E-state index in [1.165, 1.54) is 12.1 Å². The fraction of sp³-hybridized carbons (Fsp3) is 0.222. The van der Waals surface area contributed by atoms with Gasteiger partial charge in [0.15, 0.2) is 0 Å². The molecule has 0 spiro atoms. The van der Waals surface area contributed by atoms with E-state index in [0.717, 1.165) is 6.20 Å². The fourth-order valence-corrected chi connectivity index (χ4v) is 0.867. The molecule has 0 aromatic carbocycles. The second kappa shape index (κ2) is 4.91. The molecule has 5 nitrogen and oxygen atoms in total. The Bertz CT molecular complexity index is 428. The number of esters is 2. The van der Waals surface area contributed by atoms with Crippen LogP contribution in [0.15, 0.2) is 18.3 Å². The van der Waals surface area contributed by atoms with Crippen molar-refractivity contribution >= 4 is 11.9 Å². The summed E-state index contributed by atoms with van der Waals surface area (Å²) in [5, 5.41) is 0. The molecular formula is C9H7F3N2O3. The molecule has 1 aromatic rings. The summed E-state index contributed by atoms with van der Waals surface area (Å²) in [6, 6.07) is 2.51. The van der Waals surface area contributed by atoms with Gasteiger partial charge < -0.3 is 10.5 Å². The highest BCUT2D eigenvalue weighted by Crippen LogP contribution is 2.17. The Balaban J connectivity index is 2.73. The lowest BCUT2D eigenvalue weighted by Gasteiger charge is -2.05. The highest BCUT2D eigenvalue weighted by molar-refractivity contribution is 5.97. The average molecular weight is 248 g/mol. The summed E-state index contributed by atoms with van der Waals surface area (Å²) in [6.07, 6.45) is -4.23. The summed E-state index contributed by atoms with van der Waals surface area (Å²) in [5.41, 5.74) is 5.42. The number of pyridine rings is 1. The molecule has 1 heterocycles. The summed E-state index contributed by atoms with van der Waals surface area (Å²) in [6.45, 7) is 0.122. The molecule has 0 aliphatic carbocycles. The maximum Gasteiger partial charge on any atom is 0.491 e. The minimum absolute atomic E-state index is 0.122. The predicted octanol–water partition coefficient (Wildman–Crippen LogP) is 0.786. The van der Waals surface area contributed by atoms with E-state index in [1.807, 2.05) is 0 Å². The van der Waals surface area contributed by atoms with Crippen LogP contribution in [0.5, 0.6) is 0 Å². The lowest BCUT2D eigenvalue weighted by Crippen LogP contribution is -2.28. The first kappa shape index (κ1) is 13.1. The van der Waals surface area contributed by atoms with Gasteiger partial charge in [0.2, 0.25) is 0 Å². The molecule has 92 valence electrons. The number of alkyl halides is 3. The van der Waals surface area contributed by atoms with Gasteiger partial charge in [0.05, 0.1) is 11.3 Å². The van der Waals surface area contributed by atoms with Crippen LogP contribution < -0.4 is 5.73 Å². The molecule has 0 aliphatic rings. The van der Waals surface area contributed by atoms with E-state index in [2.05, 4.69) is 9.72 Å². The number of aromatic nitrogens is 1. The molecule has 0 aliphatic heterocycles. The Kier molecular flexibility index (Phi) is 3.79. The van der Waals surface area contributed by atoms with E-state index < -0.39 is 18.1 Å². The lowest BCUT2D eigenvalue weighted by molar-refractivity contribution is -0.193. The minimum Gasteiger partial charge on any atom is -0.383 e. The lowest BCUT2D eigenvalue weighted by atomic mass is 10.2. The summed E-state index contributed by atoms with van der Waals surface area (Å²) in [7, 11) is 0. The van der Waals surface area contributed by atoms with Crippen LogP contribution in [0.2, 0.25) is 0 Å². The SMILES string of the molecule is NCc1ccc(C(=O)OC(=O)C(F)(F)F)cn1. The number of halogens is 3. The van der Waals surface area contributed by atoms with Crippen LogP contribution in [-0.2, 0) is 16.1 Å². The van der Waals surface area contributed by atoms with Crippen LogP contribution in [-0.4, -0.2) is 23.1 Å². The summed E-state index contributed by atoms with van der Waals surface area (Å²) >= 11 is 0. The van der Waals surface area contributed by atoms with Crippen molar-refractivity contribution in [2.45, 2.75) is 12.7 Å². The molecule has 0 fully saturated rings. The number of nitrogens with two attached hydrogens (primary N) is 1. The standard InChI is InChI=1S/C9H7F3N2O3/c10-9(11,12)8(16)17-7(15)5-1-2-6(3-13)14-4-5/h1-2,4H,3,13H2. The van der Waals surface area contributed by atoms with Crippen molar-refractivity contribution in [3.05, 3.63) is 29.6 Å². The van der Waals surface area contributed by atoms with E-state index in [9.17, 15) is 22.8 Å². The largest absolute Gasteiger partial charge is 0.491 e. The Morgan fingerprint density at radius 2 is 2.00 bits per heavy atom. The summed E-state index contributed by atoms with van der Waals surface area (Å²) in [5.74, 6) is -3.98. The Hall–Kier alpha value is -1.96. The third kappa shape index (κ3) is 3.52. The zero-order valence-electron chi connectivity index (χ0n) is 8.32. The maximum atomic E-state index is 11.8. The van der Waals surface area contributed by atoms with Gasteiger partial charge in [-0.15, -0.1) is 0 Å². The van der Waals surface area contributed by atoms with Crippen molar-refractivity contribution in [3.63, 3.8) is 0 Å². The number of hydrogen-bond acceptors (Lipinski definition) is 5. The van der Waals surface area contributed by atoms with E-state index in [-0.39, 0.29) is 12.1 Å². The maximum absolute atomic E-state index is 11.8. The van der Waals surface area contributed by atoms with Gasteiger partial charge in [0.25, 0.3) is 0 Å². The molecule has 1 rings (SSSR count). The van der Waals surface area contributed by atoms with E-state index >= 15 is 0 Å². The second-order valence-corrected chi connectivity index (χ2v) is 2.92. The van der Waals surface area contributed by atoms with Crippen LogP contribution in [0.3, 0.4) is 0 Å². The molecule has 0 unspecified atom stereocenters. The number of carbonyl (C=O) groups excluding carboxylic acids is 2. The van der Waals surface area contributed by atoms with Crippen molar-refractivity contribution in [2.75, 3.05) is 0 Å². The molecule has 17 heavy (non-hydrogen) atoms. The minimum atomic E-state index is -5.21. The first-order valence-electron chi connectivity index (χ1n) is 4.33. The molecule has 0 atom stereocenters. The number of ether oxygens (including phenoxy) is 1. The summed E-state index contributed by atoms with van der Waals surface area (Å²) in [4.78, 5) is 25.1. The molecule has 0 radical (unpaired) electrons. The summed E-state index contributed by atoms with van der Waals surface area (Å²) < 4.78 is 39.0. The fourth-order valence-electron chi connectivity index (χ4n) is 0.867. The van der Waals surface area contributed by atoms with E-state index in [0.29, 0.717) is 5.69 Å². The Morgan fingerprint density at radius 1 is 1.35 bits per heavy atom. The van der Waals surface area contributed by atoms with Crippen LogP contribution in [0, 0.1) is 0 Å². The van der Waals surface area contributed by atoms with E-state index in [4.69, 9.17) is 5.73 Å². The van der Waals surface area contributed by atoms with Crippen molar-refractivity contribution in [1.29, 1.82) is 0 Å². The van der Waals surface area contributed by atoms with E-state index in [1.54, 1.807) is 0 Å². The topological polar surface area (TPSA) is 82.3 Å². The molecule has 1 aromatic heterocycles. The Morgan fingerprint density at radius 3 is 2.41 bits per heavy atom. The molecule has 0 saturated heterocycles. The third-order valence-electron chi connectivity index (χ3n) is 1.69. The number of carbonyl (C=O) groups is 2. The van der Waals surface area contributed by atoms with Gasteiger partial charge in [-0.05, 0) is 12.1 Å². The second-order valence-electron chi connectivity index (χ2n) is 2.92. The van der Waals surface area contributed by atoms with Gasteiger partial charge in [0, 0.05) is 12.7 Å². The van der Waals surface area contributed by atoms with Gasteiger partial charge in [-0.2, -0.15) is 13.2 Å². The first-order chi connectivity index (χ1) is 7.84. The molecule has 8 heteroatoms. The third-order valence-corrected chi connectivity index (χ3v) is 1.69. The first-order valence-corrected chi connectivity index (χ1v) is 4.33. The van der Waals surface area contributed by atoms with Gasteiger partial charge in [-0.1, -0.05) is 0 Å². The van der Waals surface area contributed by atoms with Crippen LogP contribution in [0.4, 0.5) is 13.2 Å². The molecule has 0 amide bonds. The number of nitrogens with zero attached hydrogens (tertiary/aromatic N) is 1. The normalized spacial score (nSPS) is 11.1. The highest BCUT2D eigenvalue weighted by atomic mass is 19.4. The number of hydrogen-bond donors (Lipinski definition) is 1. The predicted molar refractivity (Wildman–Crippen MR) is 48.6 cm³/mol. The van der Waals surface area contributed by atoms with Gasteiger partial charge in [-0.3, -0.25) is 4.98 Å². The van der Waals surface area contributed by atoms with Crippen molar-refractivity contribution in [3.8, 4) is 0 Å². The molecule has 2 N–H and O–H groups in total. The molecule has 0 bridgehead atoms. The smallest absolute Gasteiger partial charge is 0.383 e. The van der Waals surface area contributed by atoms with Crippen molar-refractivity contribution in [2.24, 2.45) is 5.73 Å². The van der Waals surface area contributed by atoms with Gasteiger partial charge in [-0.25, -0.2) is 9.59 Å². The van der Waals surface area contributed by atoms with Crippen molar-refractivity contribution < 1.29 is 27.5 Å². The number of rotatable bonds is 2. The quantitative estimate of drug-likeness (QED) is 0.618. The highest BCUT2D eigenvalue weighted by Gasteiger charge is 2.42. The monoisotopic (exact) mass is 248 g/mol. The van der Waals surface area contributed by atoms with Crippen molar-refractivity contribution in [1.82, 2.24) is 4.98 Å². The van der Waals surface area contributed by atoms with Gasteiger partial charge in [0.1, 0.15) is 0 Å².